The van der Waals surface area contributed by atoms with Crippen LogP contribution in [0.4, 0.5) is 5.69 Å². The maximum absolute atomic E-state index is 12.8. The van der Waals surface area contributed by atoms with Crippen LogP contribution in [-0.2, 0) is 14.8 Å². The largest absolute Gasteiger partial charge is 0.490 e. The third-order valence-electron chi connectivity index (χ3n) is 4.46. The van der Waals surface area contributed by atoms with Crippen molar-refractivity contribution in [1.82, 2.24) is 9.62 Å². The third kappa shape index (κ3) is 7.77. The van der Waals surface area contributed by atoms with E-state index >= 15 is 0 Å². The van der Waals surface area contributed by atoms with Gasteiger partial charge < -0.3 is 14.8 Å². The Hall–Kier alpha value is -3.05. The number of ether oxygens (including phenoxy) is 2. The van der Waals surface area contributed by atoms with E-state index in [0.717, 1.165) is 0 Å². The number of nitrogens with zero attached hydrogens (tertiary/aromatic N) is 1. The van der Waals surface area contributed by atoms with E-state index in [1.54, 1.807) is 36.4 Å². The van der Waals surface area contributed by atoms with Crippen LogP contribution in [0.1, 0.15) is 17.3 Å². The number of anilines is 1. The van der Waals surface area contributed by atoms with E-state index in [1.165, 1.54) is 28.6 Å². The summed E-state index contributed by atoms with van der Waals surface area (Å²) in [6, 6.07) is 12.9. The smallest absolute Gasteiger partial charge is 0.261 e. The minimum absolute atomic E-state index is 0.0599. The van der Waals surface area contributed by atoms with E-state index in [4.69, 9.17) is 21.7 Å². The summed E-state index contributed by atoms with van der Waals surface area (Å²) in [6.07, 6.45) is 3.03. The Balaban J connectivity index is 2.02. The number of carbonyl (C=O) groups is 1. The quantitative estimate of drug-likeness (QED) is 0.245. The molecule has 1 amide bonds. The van der Waals surface area contributed by atoms with E-state index < -0.39 is 15.9 Å². The van der Waals surface area contributed by atoms with Crippen molar-refractivity contribution in [2.24, 2.45) is 0 Å². The van der Waals surface area contributed by atoms with Crippen molar-refractivity contribution in [1.29, 1.82) is 0 Å². The molecule has 0 heterocycles. The molecule has 0 spiro atoms. The molecule has 0 bridgehead atoms. The second-order valence-corrected chi connectivity index (χ2v) is 9.22. The molecule has 8 nitrogen and oxygen atoms in total. The van der Waals surface area contributed by atoms with Gasteiger partial charge in [0.2, 0.25) is 10.0 Å². The van der Waals surface area contributed by atoms with Gasteiger partial charge in [-0.05, 0) is 55.5 Å². The van der Waals surface area contributed by atoms with Crippen LogP contribution >= 0.6 is 12.2 Å². The Morgan fingerprint density at radius 3 is 2.32 bits per heavy atom. The highest BCUT2D eigenvalue weighted by Gasteiger charge is 2.22. The number of hydrogen-bond acceptors (Lipinski definition) is 6. The lowest BCUT2D eigenvalue weighted by molar-refractivity contribution is 0.0958. The number of benzene rings is 2. The molecule has 34 heavy (non-hydrogen) atoms. The average Bonchev–Trinajstić information content (AvgIpc) is 2.82. The highest BCUT2D eigenvalue weighted by atomic mass is 32.2. The molecule has 0 unspecified atom stereocenters. The third-order valence-corrected chi connectivity index (χ3v) is 6.51. The standard InChI is InChI=1S/C24H29N3O5S2/c1-4-15-27(16-5-2)34(29,30)20-13-11-19(12-14-20)25-24(33)26-23(28)21-9-7-8-10-22(21)32-18-17-31-6-3/h4-5,7-14H,1-2,6,15-18H2,3H3,(H2,25,26,28,33). The summed E-state index contributed by atoms with van der Waals surface area (Å²) in [5.41, 5.74) is 0.846. The van der Waals surface area contributed by atoms with Crippen LogP contribution in [0.2, 0.25) is 0 Å². The molecule has 0 saturated heterocycles. The molecule has 0 fully saturated rings. The summed E-state index contributed by atoms with van der Waals surface area (Å²) in [4.78, 5) is 12.8. The molecule has 2 rings (SSSR count). The molecule has 2 aromatic rings. The summed E-state index contributed by atoms with van der Waals surface area (Å²) >= 11 is 5.24. The predicted molar refractivity (Wildman–Crippen MR) is 138 cm³/mol. The number of carbonyl (C=O) groups excluding carboxylic acids is 1. The molecule has 0 aliphatic carbocycles. The Morgan fingerprint density at radius 2 is 1.71 bits per heavy atom. The summed E-state index contributed by atoms with van der Waals surface area (Å²) in [7, 11) is -3.70. The first-order valence-electron chi connectivity index (χ1n) is 10.6. The Labute approximate surface area is 206 Å². The number of sulfonamides is 1. The van der Waals surface area contributed by atoms with Crippen molar-refractivity contribution < 1.29 is 22.7 Å². The molecule has 2 aromatic carbocycles. The number of nitrogens with one attached hydrogen (secondary N) is 2. The number of rotatable bonds is 13. The van der Waals surface area contributed by atoms with Crippen molar-refractivity contribution >= 4 is 38.9 Å². The maximum atomic E-state index is 12.8. The first kappa shape index (κ1) is 27.2. The van der Waals surface area contributed by atoms with Crippen LogP contribution < -0.4 is 15.4 Å². The van der Waals surface area contributed by atoms with Gasteiger partial charge in [-0.25, -0.2) is 8.42 Å². The van der Waals surface area contributed by atoms with Crippen molar-refractivity contribution in [3.63, 3.8) is 0 Å². The van der Waals surface area contributed by atoms with E-state index in [1.807, 2.05) is 6.92 Å². The number of amides is 1. The highest BCUT2D eigenvalue weighted by Crippen LogP contribution is 2.20. The maximum Gasteiger partial charge on any atom is 0.261 e. The van der Waals surface area contributed by atoms with Crippen molar-refractivity contribution in [2.45, 2.75) is 11.8 Å². The summed E-state index contributed by atoms with van der Waals surface area (Å²) < 4.78 is 37.7. The summed E-state index contributed by atoms with van der Waals surface area (Å²) in [6.45, 7) is 10.7. The first-order chi connectivity index (χ1) is 16.3. The van der Waals surface area contributed by atoms with Gasteiger partial charge in [0.15, 0.2) is 5.11 Å². The molecule has 0 saturated carbocycles. The minimum Gasteiger partial charge on any atom is -0.490 e. The number of para-hydroxylation sites is 1. The van der Waals surface area contributed by atoms with Crippen LogP contribution in [0.15, 0.2) is 78.7 Å². The lowest BCUT2D eigenvalue weighted by atomic mass is 10.2. The van der Waals surface area contributed by atoms with E-state index in [9.17, 15) is 13.2 Å². The van der Waals surface area contributed by atoms with E-state index in [-0.39, 0.29) is 23.1 Å². The van der Waals surface area contributed by atoms with Gasteiger partial charge in [-0.15, -0.1) is 13.2 Å². The van der Waals surface area contributed by atoms with Crippen LogP contribution in [0, 0.1) is 0 Å². The minimum atomic E-state index is -3.70. The number of thiocarbonyl (C=S) groups is 1. The van der Waals surface area contributed by atoms with Gasteiger partial charge in [-0.2, -0.15) is 4.31 Å². The summed E-state index contributed by atoms with van der Waals surface area (Å²) in [5, 5.41) is 5.54. The molecule has 2 N–H and O–H groups in total. The van der Waals surface area contributed by atoms with Gasteiger partial charge in [0.25, 0.3) is 5.91 Å². The molecule has 0 radical (unpaired) electrons. The van der Waals surface area contributed by atoms with Gasteiger partial charge in [0.1, 0.15) is 12.4 Å². The fourth-order valence-electron chi connectivity index (χ4n) is 2.89. The molecule has 0 aromatic heterocycles. The molecular weight excluding hydrogens is 474 g/mol. The van der Waals surface area contributed by atoms with Gasteiger partial charge in [-0.1, -0.05) is 24.3 Å². The SMILES string of the molecule is C=CCN(CC=C)S(=O)(=O)c1ccc(NC(=S)NC(=O)c2ccccc2OCCOCC)cc1. The van der Waals surface area contributed by atoms with Crippen LogP contribution in [0.25, 0.3) is 0 Å². The predicted octanol–water partition coefficient (Wildman–Crippen LogP) is 3.59. The molecule has 182 valence electrons. The van der Waals surface area contributed by atoms with Gasteiger partial charge >= 0.3 is 0 Å². The van der Waals surface area contributed by atoms with Crippen molar-refractivity contribution in [3.05, 3.63) is 79.4 Å². The fourth-order valence-corrected chi connectivity index (χ4v) is 4.48. The van der Waals surface area contributed by atoms with Crippen molar-refractivity contribution in [2.75, 3.05) is 38.2 Å². The first-order valence-corrected chi connectivity index (χ1v) is 12.4. The Kier molecular flexibility index (Phi) is 10.9. The fraction of sp³-hybridized carbons (Fsp3) is 0.250. The lowest BCUT2D eigenvalue weighted by Gasteiger charge is -2.19. The monoisotopic (exact) mass is 503 g/mol. The molecular formula is C24H29N3O5S2. The zero-order valence-electron chi connectivity index (χ0n) is 19.0. The normalized spacial score (nSPS) is 11.0. The second-order valence-electron chi connectivity index (χ2n) is 6.87. The van der Waals surface area contributed by atoms with Gasteiger partial charge in [0, 0.05) is 25.4 Å². The number of hydrogen-bond donors (Lipinski definition) is 2. The zero-order chi connectivity index (χ0) is 25.0. The molecule has 10 heteroatoms. The average molecular weight is 504 g/mol. The highest BCUT2D eigenvalue weighted by molar-refractivity contribution is 7.89. The lowest BCUT2D eigenvalue weighted by Crippen LogP contribution is -2.34. The van der Waals surface area contributed by atoms with Gasteiger partial charge in [0.05, 0.1) is 17.1 Å². The van der Waals surface area contributed by atoms with E-state index in [2.05, 4.69) is 23.8 Å². The Bertz CT molecular complexity index is 1090. The van der Waals surface area contributed by atoms with Crippen LogP contribution in [-0.4, -0.2) is 56.7 Å². The van der Waals surface area contributed by atoms with Gasteiger partial charge in [-0.3, -0.25) is 10.1 Å². The van der Waals surface area contributed by atoms with Crippen LogP contribution in [0.5, 0.6) is 5.75 Å². The topological polar surface area (TPSA) is 97.0 Å². The zero-order valence-corrected chi connectivity index (χ0v) is 20.7. The molecule has 0 aliphatic rings. The van der Waals surface area contributed by atoms with Crippen LogP contribution in [0.3, 0.4) is 0 Å². The van der Waals surface area contributed by atoms with Crippen molar-refractivity contribution in [3.8, 4) is 5.75 Å². The molecule has 0 atom stereocenters. The summed E-state index contributed by atoms with van der Waals surface area (Å²) in [5.74, 6) is -0.0196. The van der Waals surface area contributed by atoms with E-state index in [0.29, 0.717) is 36.8 Å². The molecule has 0 aliphatic heterocycles. The Morgan fingerprint density at radius 1 is 1.06 bits per heavy atom. The second kappa shape index (κ2) is 13.6.